The van der Waals surface area contributed by atoms with E-state index in [-0.39, 0.29) is 0 Å². The Morgan fingerprint density at radius 2 is 2.31 bits per heavy atom. The number of benzene rings is 1. The zero-order valence-corrected chi connectivity index (χ0v) is 7.89. The molecule has 3 heteroatoms. The molecule has 0 bridgehead atoms. The van der Waals surface area contributed by atoms with Gasteiger partial charge < -0.3 is 15.2 Å². The Morgan fingerprint density at radius 3 is 3.00 bits per heavy atom. The highest BCUT2D eigenvalue weighted by atomic mass is 16.5. The van der Waals surface area contributed by atoms with E-state index in [4.69, 9.17) is 15.2 Å². The van der Waals surface area contributed by atoms with Gasteiger partial charge in [0.05, 0.1) is 13.7 Å². The molecule has 3 nitrogen and oxygen atoms in total. The van der Waals surface area contributed by atoms with Gasteiger partial charge in [0.25, 0.3) is 0 Å². The quantitative estimate of drug-likeness (QED) is 0.665. The van der Waals surface area contributed by atoms with E-state index in [0.717, 1.165) is 34.7 Å². The van der Waals surface area contributed by atoms with Crippen LogP contribution in [-0.2, 0) is 6.42 Å². The number of anilines is 1. The average Bonchev–Trinajstić information content (AvgIpc) is 2.60. The van der Waals surface area contributed by atoms with Crippen LogP contribution in [0, 0.1) is 6.92 Å². The summed E-state index contributed by atoms with van der Waals surface area (Å²) in [4.78, 5) is 0. The number of fused-ring (bicyclic) bond motifs is 1. The molecule has 0 spiro atoms. The van der Waals surface area contributed by atoms with Crippen molar-refractivity contribution in [2.24, 2.45) is 0 Å². The molecule has 0 radical (unpaired) electrons. The topological polar surface area (TPSA) is 44.5 Å². The number of nitrogen functional groups attached to an aromatic ring is 1. The molecule has 2 rings (SSSR count). The minimum atomic E-state index is 0.708. The van der Waals surface area contributed by atoms with Crippen molar-refractivity contribution in [3.8, 4) is 11.5 Å². The molecular formula is C10H13NO2. The molecule has 2 N–H and O–H groups in total. The zero-order valence-electron chi connectivity index (χ0n) is 7.89. The SMILES string of the molecule is COc1cc(C)c(N)c2c1OCC2. The highest BCUT2D eigenvalue weighted by Gasteiger charge is 2.21. The van der Waals surface area contributed by atoms with Crippen LogP contribution in [-0.4, -0.2) is 13.7 Å². The van der Waals surface area contributed by atoms with Gasteiger partial charge in [0.2, 0.25) is 0 Å². The fourth-order valence-corrected chi connectivity index (χ4v) is 1.66. The lowest BCUT2D eigenvalue weighted by Crippen LogP contribution is -1.96. The Bertz CT molecular complexity index is 347. The van der Waals surface area contributed by atoms with Gasteiger partial charge in [-0.2, -0.15) is 0 Å². The van der Waals surface area contributed by atoms with Crippen LogP contribution in [0.4, 0.5) is 5.69 Å². The zero-order chi connectivity index (χ0) is 9.42. The van der Waals surface area contributed by atoms with Crippen LogP contribution in [0.3, 0.4) is 0 Å². The summed E-state index contributed by atoms with van der Waals surface area (Å²) < 4.78 is 10.7. The number of aryl methyl sites for hydroxylation is 1. The van der Waals surface area contributed by atoms with Crippen molar-refractivity contribution in [1.82, 2.24) is 0 Å². The normalized spacial score (nSPS) is 13.7. The summed E-state index contributed by atoms with van der Waals surface area (Å²) in [6.45, 7) is 2.69. The van der Waals surface area contributed by atoms with Crippen molar-refractivity contribution in [2.75, 3.05) is 19.5 Å². The van der Waals surface area contributed by atoms with E-state index in [2.05, 4.69) is 0 Å². The molecule has 0 aliphatic carbocycles. The Balaban J connectivity index is 2.64. The molecule has 13 heavy (non-hydrogen) atoms. The van der Waals surface area contributed by atoms with Crippen LogP contribution in [0.2, 0.25) is 0 Å². The van der Waals surface area contributed by atoms with Gasteiger partial charge in [-0.05, 0) is 18.6 Å². The first-order chi connectivity index (χ1) is 6.24. The van der Waals surface area contributed by atoms with Crippen molar-refractivity contribution >= 4 is 5.69 Å². The average molecular weight is 179 g/mol. The summed E-state index contributed by atoms with van der Waals surface area (Å²) >= 11 is 0. The molecule has 1 aliphatic heterocycles. The van der Waals surface area contributed by atoms with E-state index in [1.54, 1.807) is 7.11 Å². The number of ether oxygens (including phenoxy) is 2. The summed E-state index contributed by atoms with van der Waals surface area (Å²) in [5.74, 6) is 1.62. The van der Waals surface area contributed by atoms with Crippen LogP contribution < -0.4 is 15.2 Å². The van der Waals surface area contributed by atoms with E-state index in [1.165, 1.54) is 0 Å². The van der Waals surface area contributed by atoms with E-state index >= 15 is 0 Å². The second-order valence-corrected chi connectivity index (χ2v) is 3.22. The molecule has 0 saturated heterocycles. The summed E-state index contributed by atoms with van der Waals surface area (Å²) in [5, 5.41) is 0. The van der Waals surface area contributed by atoms with Crippen LogP contribution >= 0.6 is 0 Å². The van der Waals surface area contributed by atoms with Crippen LogP contribution in [0.25, 0.3) is 0 Å². The third-order valence-corrected chi connectivity index (χ3v) is 2.41. The predicted molar refractivity (Wildman–Crippen MR) is 51.3 cm³/mol. The Morgan fingerprint density at radius 1 is 1.54 bits per heavy atom. The van der Waals surface area contributed by atoms with Crippen molar-refractivity contribution in [3.05, 3.63) is 17.2 Å². The number of nitrogens with two attached hydrogens (primary N) is 1. The highest BCUT2D eigenvalue weighted by molar-refractivity contribution is 5.66. The van der Waals surface area contributed by atoms with Gasteiger partial charge in [-0.1, -0.05) is 0 Å². The number of methoxy groups -OCH3 is 1. The highest BCUT2D eigenvalue weighted by Crippen LogP contribution is 2.40. The molecule has 1 aliphatic rings. The molecule has 0 unspecified atom stereocenters. The second kappa shape index (κ2) is 2.83. The molecule has 1 aromatic carbocycles. The minimum absolute atomic E-state index is 0.708. The second-order valence-electron chi connectivity index (χ2n) is 3.22. The first-order valence-electron chi connectivity index (χ1n) is 4.32. The van der Waals surface area contributed by atoms with Gasteiger partial charge in [-0.15, -0.1) is 0 Å². The Kier molecular flexibility index (Phi) is 1.79. The van der Waals surface area contributed by atoms with Gasteiger partial charge in [0.1, 0.15) is 0 Å². The van der Waals surface area contributed by atoms with Crippen LogP contribution in [0.1, 0.15) is 11.1 Å². The third kappa shape index (κ3) is 1.11. The van der Waals surface area contributed by atoms with Crippen molar-refractivity contribution in [2.45, 2.75) is 13.3 Å². The van der Waals surface area contributed by atoms with Crippen LogP contribution in [0.5, 0.6) is 11.5 Å². The first kappa shape index (κ1) is 8.23. The fourth-order valence-electron chi connectivity index (χ4n) is 1.66. The van der Waals surface area contributed by atoms with Gasteiger partial charge >= 0.3 is 0 Å². The summed E-state index contributed by atoms with van der Waals surface area (Å²) in [7, 11) is 1.65. The predicted octanol–water partition coefficient (Wildman–Crippen LogP) is 1.52. The van der Waals surface area contributed by atoms with Gasteiger partial charge in [-0.3, -0.25) is 0 Å². The molecule has 70 valence electrons. The molecule has 0 fully saturated rings. The van der Waals surface area contributed by atoms with Crippen LogP contribution in [0.15, 0.2) is 6.07 Å². The van der Waals surface area contributed by atoms with E-state index in [1.807, 2.05) is 13.0 Å². The summed E-state index contributed by atoms with van der Waals surface area (Å²) in [5.41, 5.74) is 8.91. The van der Waals surface area contributed by atoms with Gasteiger partial charge in [0.15, 0.2) is 11.5 Å². The molecule has 0 saturated carbocycles. The lowest BCUT2D eigenvalue weighted by molar-refractivity contribution is 0.326. The summed E-state index contributed by atoms with van der Waals surface area (Å²) in [6, 6.07) is 1.92. The minimum Gasteiger partial charge on any atom is -0.493 e. The standard InChI is InChI=1S/C10H13NO2/c1-6-5-8(12-2)10-7(9(6)11)3-4-13-10/h5H,3-4,11H2,1-2H3. The summed E-state index contributed by atoms with van der Waals surface area (Å²) in [6.07, 6.45) is 0.888. The third-order valence-electron chi connectivity index (χ3n) is 2.41. The molecule has 0 atom stereocenters. The van der Waals surface area contributed by atoms with Crippen molar-refractivity contribution in [1.29, 1.82) is 0 Å². The molecule has 0 amide bonds. The van der Waals surface area contributed by atoms with Gasteiger partial charge in [0, 0.05) is 17.7 Å². The molecule has 1 aromatic rings. The lowest BCUT2D eigenvalue weighted by Gasteiger charge is -2.10. The number of hydrogen-bond donors (Lipinski definition) is 1. The largest absolute Gasteiger partial charge is 0.493 e. The molecule has 1 heterocycles. The first-order valence-corrected chi connectivity index (χ1v) is 4.32. The van der Waals surface area contributed by atoms with Crippen molar-refractivity contribution in [3.63, 3.8) is 0 Å². The number of rotatable bonds is 1. The Labute approximate surface area is 77.5 Å². The van der Waals surface area contributed by atoms with E-state index in [9.17, 15) is 0 Å². The maximum atomic E-state index is 5.92. The van der Waals surface area contributed by atoms with Crippen molar-refractivity contribution < 1.29 is 9.47 Å². The molecular weight excluding hydrogens is 166 g/mol. The van der Waals surface area contributed by atoms with E-state index < -0.39 is 0 Å². The maximum Gasteiger partial charge on any atom is 0.166 e. The van der Waals surface area contributed by atoms with E-state index in [0.29, 0.717) is 6.61 Å². The smallest absolute Gasteiger partial charge is 0.166 e. The monoisotopic (exact) mass is 179 g/mol. The number of hydrogen-bond acceptors (Lipinski definition) is 3. The lowest BCUT2D eigenvalue weighted by atomic mass is 10.1. The molecule has 0 aromatic heterocycles. The Hall–Kier alpha value is -1.38. The fraction of sp³-hybridized carbons (Fsp3) is 0.400. The van der Waals surface area contributed by atoms with Gasteiger partial charge in [-0.25, -0.2) is 0 Å². The maximum absolute atomic E-state index is 5.92.